The van der Waals surface area contributed by atoms with Crippen LogP contribution in [-0.4, -0.2) is 24.2 Å². The van der Waals surface area contributed by atoms with Gasteiger partial charge >= 0.3 is 5.97 Å². The third-order valence-electron chi connectivity index (χ3n) is 3.37. The molecule has 2 aromatic rings. The molecule has 1 heterocycles. The average Bonchev–Trinajstić information content (AvgIpc) is 3.15. The number of ether oxygens (including phenoxy) is 2. The Kier molecular flexibility index (Phi) is 3.70. The van der Waals surface area contributed by atoms with E-state index in [1.54, 1.807) is 13.0 Å². The van der Waals surface area contributed by atoms with Crippen molar-refractivity contribution in [1.29, 1.82) is 0 Å². The number of carbonyl (C=O) groups is 1. The summed E-state index contributed by atoms with van der Waals surface area (Å²) in [5.74, 6) is 1.19. The highest BCUT2D eigenvalue weighted by molar-refractivity contribution is 9.10. The molecule has 3 rings (SSSR count). The lowest BCUT2D eigenvalue weighted by Gasteiger charge is -2.07. The minimum atomic E-state index is -0.337. The van der Waals surface area contributed by atoms with Crippen LogP contribution in [0.25, 0.3) is 10.9 Å². The molecule has 0 aliphatic heterocycles. The summed E-state index contributed by atoms with van der Waals surface area (Å²) < 4.78 is 11.7. The predicted octanol–water partition coefficient (Wildman–Crippen LogP) is 3.90. The van der Waals surface area contributed by atoms with E-state index in [1.807, 2.05) is 12.1 Å². The van der Waals surface area contributed by atoms with Crippen LogP contribution in [0.1, 0.15) is 30.3 Å². The number of hydrogen-bond donors (Lipinski definition) is 1. The fourth-order valence-corrected chi connectivity index (χ4v) is 2.65. The Morgan fingerprint density at radius 1 is 1.45 bits per heavy atom. The maximum Gasteiger partial charge on any atom is 0.354 e. The van der Waals surface area contributed by atoms with Crippen molar-refractivity contribution in [3.8, 4) is 5.75 Å². The number of benzene rings is 1. The lowest BCUT2D eigenvalue weighted by molar-refractivity contribution is 0.0520. The second-order valence-electron chi connectivity index (χ2n) is 5.00. The third-order valence-corrected chi connectivity index (χ3v) is 4.19. The number of hydrogen-bond acceptors (Lipinski definition) is 3. The molecule has 1 saturated carbocycles. The number of carbonyl (C=O) groups excluding carboxylic acids is 1. The van der Waals surface area contributed by atoms with Crippen molar-refractivity contribution < 1.29 is 14.3 Å². The van der Waals surface area contributed by atoms with Crippen LogP contribution < -0.4 is 4.74 Å². The first-order valence-electron chi connectivity index (χ1n) is 6.80. The highest BCUT2D eigenvalue weighted by Gasteiger charge is 2.22. The van der Waals surface area contributed by atoms with Crippen LogP contribution in [0.5, 0.6) is 5.75 Å². The maximum absolute atomic E-state index is 11.7. The minimum Gasteiger partial charge on any atom is -0.492 e. The van der Waals surface area contributed by atoms with Gasteiger partial charge in [-0.1, -0.05) is 0 Å². The number of aromatic amines is 1. The molecule has 1 N–H and O–H groups in total. The van der Waals surface area contributed by atoms with E-state index in [9.17, 15) is 4.79 Å². The van der Waals surface area contributed by atoms with Crippen LogP contribution in [-0.2, 0) is 4.74 Å². The summed E-state index contributed by atoms with van der Waals surface area (Å²) in [4.78, 5) is 14.8. The van der Waals surface area contributed by atoms with Crippen LogP contribution in [0.15, 0.2) is 22.7 Å². The van der Waals surface area contributed by atoms with Crippen LogP contribution in [0.3, 0.4) is 0 Å². The van der Waals surface area contributed by atoms with Gasteiger partial charge in [0, 0.05) is 10.9 Å². The van der Waals surface area contributed by atoms with Crippen LogP contribution in [0.2, 0.25) is 0 Å². The molecule has 1 aromatic heterocycles. The molecule has 0 amide bonds. The number of esters is 1. The monoisotopic (exact) mass is 337 g/mol. The van der Waals surface area contributed by atoms with E-state index in [-0.39, 0.29) is 5.97 Å². The zero-order valence-electron chi connectivity index (χ0n) is 11.2. The van der Waals surface area contributed by atoms with Crippen molar-refractivity contribution in [3.63, 3.8) is 0 Å². The molecule has 5 heteroatoms. The van der Waals surface area contributed by atoms with Crippen LogP contribution in [0, 0.1) is 5.92 Å². The predicted molar refractivity (Wildman–Crippen MR) is 80.2 cm³/mol. The Morgan fingerprint density at radius 2 is 2.25 bits per heavy atom. The molecule has 1 aromatic carbocycles. The van der Waals surface area contributed by atoms with Gasteiger partial charge < -0.3 is 14.5 Å². The lowest BCUT2D eigenvalue weighted by Crippen LogP contribution is -2.04. The van der Waals surface area contributed by atoms with Gasteiger partial charge in [0.15, 0.2) is 0 Å². The highest BCUT2D eigenvalue weighted by atomic mass is 79.9. The number of aromatic nitrogens is 1. The van der Waals surface area contributed by atoms with Gasteiger partial charge in [-0.25, -0.2) is 4.79 Å². The zero-order valence-corrected chi connectivity index (χ0v) is 12.8. The lowest BCUT2D eigenvalue weighted by atomic mass is 10.2. The first-order chi connectivity index (χ1) is 9.69. The Morgan fingerprint density at radius 3 is 2.95 bits per heavy atom. The summed E-state index contributed by atoms with van der Waals surface area (Å²) in [6, 6.07) is 5.63. The summed E-state index contributed by atoms with van der Waals surface area (Å²) >= 11 is 3.56. The van der Waals surface area contributed by atoms with Gasteiger partial charge in [0.2, 0.25) is 0 Å². The van der Waals surface area contributed by atoms with Gasteiger partial charge in [0.1, 0.15) is 11.4 Å². The third kappa shape index (κ3) is 2.68. The minimum absolute atomic E-state index is 0.337. The van der Waals surface area contributed by atoms with E-state index in [2.05, 4.69) is 20.9 Å². The normalized spacial score (nSPS) is 14.5. The summed E-state index contributed by atoms with van der Waals surface area (Å²) in [5, 5.41) is 0.932. The quantitative estimate of drug-likeness (QED) is 0.842. The van der Waals surface area contributed by atoms with Gasteiger partial charge in [0.05, 0.1) is 17.7 Å². The van der Waals surface area contributed by atoms with Gasteiger partial charge in [-0.2, -0.15) is 0 Å². The number of fused-ring (bicyclic) bond motifs is 1. The van der Waals surface area contributed by atoms with E-state index in [0.29, 0.717) is 18.2 Å². The van der Waals surface area contributed by atoms with Crippen LogP contribution >= 0.6 is 15.9 Å². The van der Waals surface area contributed by atoms with E-state index in [0.717, 1.165) is 27.7 Å². The number of H-pyrrole nitrogens is 1. The van der Waals surface area contributed by atoms with Crippen molar-refractivity contribution >= 4 is 32.8 Å². The molecule has 1 fully saturated rings. The van der Waals surface area contributed by atoms with Gasteiger partial charge in [0.25, 0.3) is 0 Å². The van der Waals surface area contributed by atoms with E-state index in [4.69, 9.17) is 9.47 Å². The highest BCUT2D eigenvalue weighted by Crippen LogP contribution is 2.36. The molecule has 106 valence electrons. The SMILES string of the molecule is CCOC(=O)c1cc2c(Br)c(OCC3CC3)ccc2[nH]1. The van der Waals surface area contributed by atoms with Gasteiger partial charge in [-0.05, 0) is 59.8 Å². The average molecular weight is 338 g/mol. The molecular weight excluding hydrogens is 322 g/mol. The molecule has 0 spiro atoms. The first-order valence-corrected chi connectivity index (χ1v) is 7.59. The molecule has 4 nitrogen and oxygen atoms in total. The first kappa shape index (κ1) is 13.5. The number of nitrogens with one attached hydrogen (secondary N) is 1. The van der Waals surface area contributed by atoms with Crippen molar-refractivity contribution in [1.82, 2.24) is 4.98 Å². The van der Waals surface area contributed by atoms with Crippen molar-refractivity contribution in [2.24, 2.45) is 5.92 Å². The zero-order chi connectivity index (χ0) is 14.1. The maximum atomic E-state index is 11.7. The topological polar surface area (TPSA) is 51.3 Å². The summed E-state index contributed by atoms with van der Waals surface area (Å²) in [5.41, 5.74) is 1.35. The molecular formula is C15H16BrNO3. The fraction of sp³-hybridized carbons (Fsp3) is 0.400. The molecule has 0 radical (unpaired) electrons. The molecule has 20 heavy (non-hydrogen) atoms. The molecule has 1 aliphatic carbocycles. The van der Waals surface area contributed by atoms with Crippen molar-refractivity contribution in [2.45, 2.75) is 19.8 Å². The Labute approximate surface area is 125 Å². The summed E-state index contributed by atoms with van der Waals surface area (Å²) in [6.45, 7) is 2.92. The van der Waals surface area contributed by atoms with E-state index >= 15 is 0 Å². The Balaban J connectivity index is 1.88. The van der Waals surface area contributed by atoms with E-state index in [1.165, 1.54) is 12.8 Å². The second-order valence-corrected chi connectivity index (χ2v) is 5.79. The Hall–Kier alpha value is -1.49. The molecule has 0 unspecified atom stereocenters. The molecule has 0 saturated heterocycles. The smallest absolute Gasteiger partial charge is 0.354 e. The summed E-state index contributed by atoms with van der Waals surface area (Å²) in [6.07, 6.45) is 2.52. The van der Waals surface area contributed by atoms with Gasteiger partial charge in [-0.15, -0.1) is 0 Å². The van der Waals surface area contributed by atoms with Crippen molar-refractivity contribution in [3.05, 3.63) is 28.4 Å². The Bertz CT molecular complexity index is 646. The summed E-state index contributed by atoms with van der Waals surface area (Å²) in [7, 11) is 0. The number of rotatable bonds is 5. The fourth-order valence-electron chi connectivity index (χ4n) is 2.07. The van der Waals surface area contributed by atoms with Gasteiger partial charge in [-0.3, -0.25) is 0 Å². The largest absolute Gasteiger partial charge is 0.492 e. The van der Waals surface area contributed by atoms with E-state index < -0.39 is 0 Å². The molecule has 0 bridgehead atoms. The number of halogens is 1. The standard InChI is InChI=1S/C15H16BrNO3/c1-2-19-15(18)12-7-10-11(17-12)5-6-13(14(10)16)20-8-9-3-4-9/h5-7,9,17H,2-4,8H2,1H3. The second kappa shape index (κ2) is 5.48. The van der Waals surface area contributed by atoms with Crippen molar-refractivity contribution in [2.75, 3.05) is 13.2 Å². The molecule has 0 atom stereocenters. The molecule has 1 aliphatic rings. The van der Waals surface area contributed by atoms with Crippen LogP contribution in [0.4, 0.5) is 0 Å².